The van der Waals surface area contributed by atoms with Gasteiger partial charge in [-0.05, 0) is 36.8 Å². The van der Waals surface area contributed by atoms with Gasteiger partial charge in [0.15, 0.2) is 0 Å². The molecule has 1 saturated carbocycles. The summed E-state index contributed by atoms with van der Waals surface area (Å²) >= 11 is 7.57. The minimum Gasteiger partial charge on any atom is -0.327 e. The van der Waals surface area contributed by atoms with Crippen molar-refractivity contribution in [2.75, 3.05) is 0 Å². The molecule has 0 amide bonds. The summed E-state index contributed by atoms with van der Waals surface area (Å²) < 4.78 is 0.869. The molecule has 84 valence electrons. The summed E-state index contributed by atoms with van der Waals surface area (Å²) in [7, 11) is 0. The molecule has 0 radical (unpaired) electrons. The Morgan fingerprint density at radius 2 is 2.13 bits per heavy atom. The molecule has 0 saturated heterocycles. The Kier molecular flexibility index (Phi) is 3.39. The van der Waals surface area contributed by atoms with Gasteiger partial charge in [-0.15, -0.1) is 11.3 Å². The quantitative estimate of drug-likeness (QED) is 0.858. The number of thiophene rings is 1. The molecule has 1 unspecified atom stereocenters. The highest BCUT2D eigenvalue weighted by Gasteiger charge is 2.34. The molecule has 0 aromatic carbocycles. The lowest BCUT2D eigenvalue weighted by Gasteiger charge is -2.30. The van der Waals surface area contributed by atoms with Gasteiger partial charge in [0.1, 0.15) is 0 Å². The summed E-state index contributed by atoms with van der Waals surface area (Å²) in [5.74, 6) is 0. The minimum absolute atomic E-state index is 0.287. The van der Waals surface area contributed by atoms with Crippen LogP contribution in [0.15, 0.2) is 12.1 Å². The van der Waals surface area contributed by atoms with Crippen LogP contribution in [0.2, 0.25) is 4.34 Å². The Morgan fingerprint density at radius 1 is 1.47 bits per heavy atom. The normalized spacial score (nSPS) is 21.8. The molecule has 0 aliphatic heterocycles. The Bertz CT molecular complexity index is 328. The van der Waals surface area contributed by atoms with Gasteiger partial charge in [0.25, 0.3) is 0 Å². The van der Waals surface area contributed by atoms with Crippen molar-refractivity contribution in [2.24, 2.45) is 11.1 Å². The zero-order valence-corrected chi connectivity index (χ0v) is 10.7. The Morgan fingerprint density at radius 3 is 2.67 bits per heavy atom. The zero-order chi connectivity index (χ0) is 10.9. The van der Waals surface area contributed by atoms with Gasteiger partial charge in [-0.2, -0.15) is 0 Å². The summed E-state index contributed by atoms with van der Waals surface area (Å²) in [6.45, 7) is 2.33. The highest BCUT2D eigenvalue weighted by molar-refractivity contribution is 7.16. The maximum absolute atomic E-state index is 6.32. The lowest BCUT2D eigenvalue weighted by molar-refractivity contribution is 0.261. The average molecular weight is 244 g/mol. The van der Waals surface area contributed by atoms with E-state index in [2.05, 4.69) is 13.0 Å². The first-order valence-corrected chi connectivity index (χ1v) is 6.79. The average Bonchev–Trinajstić information content (AvgIpc) is 2.76. The van der Waals surface area contributed by atoms with Crippen LogP contribution in [0, 0.1) is 5.41 Å². The van der Waals surface area contributed by atoms with E-state index in [1.807, 2.05) is 6.07 Å². The van der Waals surface area contributed by atoms with Gasteiger partial charge in [-0.25, -0.2) is 0 Å². The fraction of sp³-hybridized carbons (Fsp3) is 0.667. The summed E-state index contributed by atoms with van der Waals surface area (Å²) in [5.41, 5.74) is 6.68. The van der Waals surface area contributed by atoms with Crippen molar-refractivity contribution < 1.29 is 0 Å². The Balaban J connectivity index is 1.99. The van der Waals surface area contributed by atoms with Gasteiger partial charge < -0.3 is 5.73 Å². The molecule has 1 aromatic heterocycles. The maximum atomic E-state index is 6.32. The summed E-state index contributed by atoms with van der Waals surface area (Å²) in [6.07, 6.45) is 6.24. The van der Waals surface area contributed by atoms with E-state index in [0.29, 0.717) is 5.41 Å². The van der Waals surface area contributed by atoms with Crippen molar-refractivity contribution in [3.05, 3.63) is 21.3 Å². The van der Waals surface area contributed by atoms with Gasteiger partial charge >= 0.3 is 0 Å². The first-order chi connectivity index (χ1) is 7.10. The molecule has 0 bridgehead atoms. The molecule has 1 atom stereocenters. The SMILES string of the molecule is CC1(C(N)Cc2ccc(Cl)s2)CCCC1. The first kappa shape index (κ1) is 11.4. The van der Waals surface area contributed by atoms with E-state index >= 15 is 0 Å². The van der Waals surface area contributed by atoms with Crippen molar-refractivity contribution >= 4 is 22.9 Å². The van der Waals surface area contributed by atoms with Crippen molar-refractivity contribution in [2.45, 2.75) is 45.1 Å². The van der Waals surface area contributed by atoms with Crippen LogP contribution < -0.4 is 5.73 Å². The second-order valence-electron chi connectivity index (χ2n) is 4.88. The van der Waals surface area contributed by atoms with Crippen LogP contribution in [0.4, 0.5) is 0 Å². The third-order valence-corrected chi connectivity index (χ3v) is 4.94. The second-order valence-corrected chi connectivity index (χ2v) is 6.68. The molecule has 1 aliphatic carbocycles. The largest absolute Gasteiger partial charge is 0.327 e. The molecule has 3 heteroatoms. The Hall–Kier alpha value is -0.0500. The van der Waals surface area contributed by atoms with Crippen molar-refractivity contribution in [3.8, 4) is 0 Å². The van der Waals surface area contributed by atoms with E-state index < -0.39 is 0 Å². The van der Waals surface area contributed by atoms with E-state index in [4.69, 9.17) is 17.3 Å². The molecule has 1 nitrogen and oxygen atoms in total. The smallest absolute Gasteiger partial charge is 0.0931 e. The summed E-state index contributed by atoms with van der Waals surface area (Å²) in [5, 5.41) is 0. The van der Waals surface area contributed by atoms with Crippen LogP contribution in [0.3, 0.4) is 0 Å². The minimum atomic E-state index is 0.287. The molecule has 2 rings (SSSR count). The molecule has 1 aromatic rings. The predicted molar refractivity (Wildman–Crippen MR) is 67.6 cm³/mol. The van der Waals surface area contributed by atoms with Gasteiger partial charge in [-0.1, -0.05) is 31.4 Å². The lowest BCUT2D eigenvalue weighted by atomic mass is 9.79. The number of hydrogen-bond acceptors (Lipinski definition) is 2. The van der Waals surface area contributed by atoms with Crippen LogP contribution in [0.25, 0.3) is 0 Å². The maximum Gasteiger partial charge on any atom is 0.0931 e. The molecule has 15 heavy (non-hydrogen) atoms. The van der Waals surface area contributed by atoms with Crippen molar-refractivity contribution in [1.29, 1.82) is 0 Å². The second kappa shape index (κ2) is 4.44. The number of hydrogen-bond donors (Lipinski definition) is 1. The summed E-state index contributed by atoms with van der Waals surface area (Å²) in [4.78, 5) is 1.32. The fourth-order valence-corrected chi connectivity index (χ4v) is 3.62. The van der Waals surface area contributed by atoms with E-state index in [1.165, 1.54) is 30.6 Å². The van der Waals surface area contributed by atoms with Crippen molar-refractivity contribution in [1.82, 2.24) is 0 Å². The molecule has 0 spiro atoms. The lowest BCUT2D eigenvalue weighted by Crippen LogP contribution is -2.39. The third-order valence-electron chi connectivity index (χ3n) is 3.69. The molecular formula is C12H18ClNS. The van der Waals surface area contributed by atoms with Gasteiger partial charge in [0.05, 0.1) is 4.34 Å². The molecule has 1 aliphatic rings. The third kappa shape index (κ3) is 2.55. The highest BCUT2D eigenvalue weighted by atomic mass is 35.5. The zero-order valence-electron chi connectivity index (χ0n) is 9.13. The Labute approximate surface area is 101 Å². The standard InChI is InChI=1S/C12H18ClNS/c1-12(6-2-3-7-12)10(14)8-9-4-5-11(13)15-9/h4-5,10H,2-3,6-8,14H2,1H3. The molecular weight excluding hydrogens is 226 g/mol. The predicted octanol–water partition coefficient (Wildman–Crippen LogP) is 3.85. The van der Waals surface area contributed by atoms with Gasteiger partial charge in [-0.3, -0.25) is 0 Å². The van der Waals surface area contributed by atoms with E-state index in [1.54, 1.807) is 11.3 Å². The topological polar surface area (TPSA) is 26.0 Å². The van der Waals surface area contributed by atoms with Crippen LogP contribution >= 0.6 is 22.9 Å². The van der Waals surface area contributed by atoms with Crippen molar-refractivity contribution in [3.63, 3.8) is 0 Å². The first-order valence-electron chi connectivity index (χ1n) is 5.60. The highest BCUT2D eigenvalue weighted by Crippen LogP contribution is 2.41. The number of nitrogens with two attached hydrogens (primary N) is 1. The molecule has 2 N–H and O–H groups in total. The monoisotopic (exact) mass is 243 g/mol. The van der Waals surface area contributed by atoms with Crippen LogP contribution in [-0.4, -0.2) is 6.04 Å². The van der Waals surface area contributed by atoms with Crippen LogP contribution in [0.1, 0.15) is 37.5 Å². The van der Waals surface area contributed by atoms with Gasteiger partial charge in [0.2, 0.25) is 0 Å². The van der Waals surface area contributed by atoms with E-state index in [9.17, 15) is 0 Å². The summed E-state index contributed by atoms with van der Waals surface area (Å²) in [6, 6.07) is 4.35. The number of halogens is 1. The van der Waals surface area contributed by atoms with Crippen LogP contribution in [-0.2, 0) is 6.42 Å². The van der Waals surface area contributed by atoms with E-state index in [0.717, 1.165) is 10.8 Å². The number of rotatable bonds is 3. The fourth-order valence-electron chi connectivity index (χ4n) is 2.48. The molecule has 1 fully saturated rings. The van der Waals surface area contributed by atoms with Gasteiger partial charge in [0, 0.05) is 10.9 Å². The van der Waals surface area contributed by atoms with E-state index in [-0.39, 0.29) is 6.04 Å². The van der Waals surface area contributed by atoms with Crippen LogP contribution in [0.5, 0.6) is 0 Å². The molecule has 1 heterocycles.